The molecular formula is C24H27N3O3S. The minimum Gasteiger partial charge on any atom is -0.354 e. The molecule has 1 fully saturated rings. The number of rotatable bonds is 9. The van der Waals surface area contributed by atoms with Gasteiger partial charge >= 0.3 is 0 Å². The lowest BCUT2D eigenvalue weighted by molar-refractivity contribution is -0.129. The van der Waals surface area contributed by atoms with E-state index < -0.39 is 6.04 Å². The molecule has 6 nitrogen and oxygen atoms in total. The molecule has 1 saturated carbocycles. The van der Waals surface area contributed by atoms with Gasteiger partial charge in [0, 0.05) is 29.7 Å². The summed E-state index contributed by atoms with van der Waals surface area (Å²) in [5, 5.41) is 5.56. The van der Waals surface area contributed by atoms with E-state index >= 15 is 0 Å². The Bertz CT molecular complexity index is 972. The molecule has 0 bridgehead atoms. The Morgan fingerprint density at radius 2 is 1.81 bits per heavy atom. The fourth-order valence-electron chi connectivity index (χ4n) is 3.80. The number of amides is 3. The van der Waals surface area contributed by atoms with Crippen LogP contribution in [0.4, 0.5) is 0 Å². The second-order valence-electron chi connectivity index (χ2n) is 8.04. The van der Waals surface area contributed by atoms with Crippen molar-refractivity contribution in [2.75, 3.05) is 18.8 Å². The highest BCUT2D eigenvalue weighted by Crippen LogP contribution is 2.41. The Kier molecular flexibility index (Phi) is 6.61. The molecular weight excluding hydrogens is 410 g/mol. The fraction of sp³-hybridized carbons (Fsp3) is 0.375. The van der Waals surface area contributed by atoms with Gasteiger partial charge in [0.2, 0.25) is 11.8 Å². The first-order chi connectivity index (χ1) is 15.0. The Labute approximate surface area is 186 Å². The molecule has 0 radical (unpaired) electrons. The second-order valence-corrected chi connectivity index (χ2v) is 9.14. The Hall–Kier alpha value is -2.80. The highest BCUT2D eigenvalue weighted by molar-refractivity contribution is 7.98. The first-order valence-electron chi connectivity index (χ1n) is 10.6. The quantitative estimate of drug-likeness (QED) is 0.592. The third kappa shape index (κ3) is 5.10. The van der Waals surface area contributed by atoms with Crippen molar-refractivity contribution in [3.05, 3.63) is 70.8 Å². The summed E-state index contributed by atoms with van der Waals surface area (Å²) in [6.45, 7) is 2.52. The average molecular weight is 438 g/mol. The largest absolute Gasteiger partial charge is 0.354 e. The maximum absolute atomic E-state index is 12.9. The summed E-state index contributed by atoms with van der Waals surface area (Å²) in [6, 6.07) is 15.1. The van der Waals surface area contributed by atoms with E-state index in [-0.39, 0.29) is 30.3 Å². The predicted octanol–water partition coefficient (Wildman–Crippen LogP) is 2.82. The van der Waals surface area contributed by atoms with Gasteiger partial charge in [-0.1, -0.05) is 48.0 Å². The molecule has 0 spiro atoms. The van der Waals surface area contributed by atoms with Gasteiger partial charge in [0.25, 0.3) is 5.91 Å². The van der Waals surface area contributed by atoms with E-state index in [1.165, 1.54) is 11.1 Å². The molecule has 1 aliphatic carbocycles. The number of carbonyl (C=O) groups excluding carboxylic acids is 3. The molecule has 0 aromatic heterocycles. The van der Waals surface area contributed by atoms with Crippen LogP contribution in [-0.2, 0) is 15.3 Å². The Morgan fingerprint density at radius 1 is 1.06 bits per heavy atom. The smallest absolute Gasteiger partial charge is 0.255 e. The molecule has 3 amide bonds. The van der Waals surface area contributed by atoms with Crippen LogP contribution >= 0.6 is 11.8 Å². The first-order valence-corrected chi connectivity index (χ1v) is 11.8. The van der Waals surface area contributed by atoms with E-state index in [4.69, 9.17) is 0 Å². The lowest BCUT2D eigenvalue weighted by Gasteiger charge is -2.24. The van der Waals surface area contributed by atoms with Crippen LogP contribution in [0.15, 0.2) is 48.5 Å². The van der Waals surface area contributed by atoms with Crippen LogP contribution in [0.25, 0.3) is 0 Å². The normalized spacial score (nSPS) is 17.4. The van der Waals surface area contributed by atoms with Crippen LogP contribution in [0.3, 0.4) is 0 Å². The summed E-state index contributed by atoms with van der Waals surface area (Å²) < 4.78 is 0. The van der Waals surface area contributed by atoms with Gasteiger partial charge in [0.15, 0.2) is 0 Å². The van der Waals surface area contributed by atoms with E-state index in [1.54, 1.807) is 22.7 Å². The second kappa shape index (κ2) is 9.56. The van der Waals surface area contributed by atoms with Crippen molar-refractivity contribution in [1.82, 2.24) is 15.5 Å². The third-order valence-corrected chi connectivity index (χ3v) is 6.60. The average Bonchev–Trinajstić information content (AvgIpc) is 3.57. The van der Waals surface area contributed by atoms with E-state index in [0.717, 1.165) is 29.9 Å². The summed E-state index contributed by atoms with van der Waals surface area (Å²) >= 11 is 1.76. The topological polar surface area (TPSA) is 78.5 Å². The summed E-state index contributed by atoms with van der Waals surface area (Å²) in [6.07, 6.45) is 1.84. The molecule has 2 N–H and O–H groups in total. The van der Waals surface area contributed by atoms with Crippen molar-refractivity contribution < 1.29 is 14.4 Å². The van der Waals surface area contributed by atoms with Crippen LogP contribution in [-0.4, -0.2) is 47.5 Å². The number of hydrogen-bond donors (Lipinski definition) is 2. The van der Waals surface area contributed by atoms with Gasteiger partial charge in [0.05, 0.1) is 6.54 Å². The standard InChI is InChI=1S/C24H27N3O3S/c1-16-6-8-17(9-7-16)15-31-13-12-25-21(28)14-26-23(29)22-19-4-2-3-5-20(19)24(30)27(22)18-10-11-18/h2-9,18,22H,10-15H2,1H3,(H,25,28)(H,26,29). The molecule has 1 heterocycles. The van der Waals surface area contributed by atoms with Crippen LogP contribution in [0.2, 0.25) is 0 Å². The van der Waals surface area contributed by atoms with Crippen LogP contribution in [0.5, 0.6) is 0 Å². The highest BCUT2D eigenvalue weighted by atomic mass is 32.2. The number of nitrogens with one attached hydrogen (secondary N) is 2. The summed E-state index contributed by atoms with van der Waals surface area (Å²) in [7, 11) is 0. The molecule has 2 aromatic rings. The van der Waals surface area contributed by atoms with Gasteiger partial charge in [-0.25, -0.2) is 0 Å². The third-order valence-electron chi connectivity index (χ3n) is 5.57. The lowest BCUT2D eigenvalue weighted by Crippen LogP contribution is -2.44. The number of carbonyl (C=O) groups is 3. The van der Waals surface area contributed by atoms with E-state index in [0.29, 0.717) is 12.1 Å². The lowest BCUT2D eigenvalue weighted by atomic mass is 10.0. The minimum absolute atomic E-state index is 0.0895. The maximum Gasteiger partial charge on any atom is 0.255 e. The molecule has 2 aromatic carbocycles. The maximum atomic E-state index is 12.9. The van der Waals surface area contributed by atoms with E-state index in [9.17, 15) is 14.4 Å². The zero-order chi connectivity index (χ0) is 21.8. The van der Waals surface area contributed by atoms with Gasteiger partial charge in [0.1, 0.15) is 6.04 Å². The van der Waals surface area contributed by atoms with Gasteiger partial charge in [-0.2, -0.15) is 11.8 Å². The van der Waals surface area contributed by atoms with Gasteiger partial charge in [-0.3, -0.25) is 14.4 Å². The highest BCUT2D eigenvalue weighted by Gasteiger charge is 2.47. The number of nitrogens with zero attached hydrogens (tertiary/aromatic N) is 1. The molecule has 0 saturated heterocycles. The van der Waals surface area contributed by atoms with Crippen LogP contribution in [0.1, 0.15) is 45.9 Å². The van der Waals surface area contributed by atoms with Crippen LogP contribution in [0, 0.1) is 6.92 Å². The number of hydrogen-bond acceptors (Lipinski definition) is 4. The monoisotopic (exact) mass is 437 g/mol. The van der Waals surface area contributed by atoms with Crippen LogP contribution < -0.4 is 10.6 Å². The first kappa shape index (κ1) is 21.4. The van der Waals surface area contributed by atoms with Gasteiger partial charge in [-0.05, 0) is 37.0 Å². The Morgan fingerprint density at radius 3 is 2.55 bits per heavy atom. The van der Waals surface area contributed by atoms with Crippen molar-refractivity contribution in [2.45, 2.75) is 37.6 Å². The van der Waals surface area contributed by atoms with E-state index in [1.807, 2.05) is 18.2 Å². The molecule has 1 unspecified atom stereocenters. The van der Waals surface area contributed by atoms with Gasteiger partial charge in [-0.15, -0.1) is 0 Å². The molecule has 7 heteroatoms. The van der Waals surface area contributed by atoms with Crippen molar-refractivity contribution in [1.29, 1.82) is 0 Å². The summed E-state index contributed by atoms with van der Waals surface area (Å²) in [4.78, 5) is 39.4. The minimum atomic E-state index is -0.644. The number of thioether (sulfide) groups is 1. The molecule has 1 aliphatic heterocycles. The SMILES string of the molecule is Cc1ccc(CSCCNC(=O)CNC(=O)C2c3ccccc3C(=O)N2C2CC2)cc1. The van der Waals surface area contributed by atoms with Crippen molar-refractivity contribution in [2.24, 2.45) is 0 Å². The van der Waals surface area contributed by atoms with E-state index in [2.05, 4.69) is 41.8 Å². The predicted molar refractivity (Wildman–Crippen MR) is 122 cm³/mol. The van der Waals surface area contributed by atoms with Crippen molar-refractivity contribution in [3.63, 3.8) is 0 Å². The molecule has 31 heavy (non-hydrogen) atoms. The molecule has 162 valence electrons. The summed E-state index contributed by atoms with van der Waals surface area (Å²) in [5.41, 5.74) is 3.82. The van der Waals surface area contributed by atoms with Crippen molar-refractivity contribution >= 4 is 29.5 Å². The fourth-order valence-corrected chi connectivity index (χ4v) is 4.62. The molecule has 4 rings (SSSR count). The Balaban J connectivity index is 1.21. The summed E-state index contributed by atoms with van der Waals surface area (Å²) in [5.74, 6) is 1.09. The number of benzene rings is 2. The zero-order valence-electron chi connectivity index (χ0n) is 17.6. The van der Waals surface area contributed by atoms with Crippen molar-refractivity contribution in [3.8, 4) is 0 Å². The number of fused-ring (bicyclic) bond motifs is 1. The molecule has 1 atom stereocenters. The number of aryl methyl sites for hydroxylation is 1. The molecule has 2 aliphatic rings. The zero-order valence-corrected chi connectivity index (χ0v) is 18.4. The van der Waals surface area contributed by atoms with Gasteiger partial charge < -0.3 is 15.5 Å².